The largest absolute Gasteiger partial charge is 0.384 e. The van der Waals surface area contributed by atoms with Crippen LogP contribution in [0.25, 0.3) is 0 Å². The van der Waals surface area contributed by atoms with Crippen molar-refractivity contribution in [2.75, 3.05) is 17.2 Å². The van der Waals surface area contributed by atoms with E-state index in [2.05, 4.69) is 20.6 Å². The smallest absolute Gasteiger partial charge is 0.273 e. The van der Waals surface area contributed by atoms with Crippen LogP contribution in [-0.2, 0) is 6.42 Å². The standard InChI is InChI=1S/C12H12N4O/c17-12(11-6-13-7-15-11)16-9-1-2-10-8(5-9)3-4-14-10/h1-2,5-7,14H,3-4H2,(H,13,15)(H,16,17). The lowest BCUT2D eigenvalue weighted by Crippen LogP contribution is -2.12. The van der Waals surface area contributed by atoms with Crippen LogP contribution >= 0.6 is 0 Å². The minimum atomic E-state index is -0.173. The van der Waals surface area contributed by atoms with E-state index in [0.29, 0.717) is 5.69 Å². The van der Waals surface area contributed by atoms with Crippen LogP contribution in [0, 0.1) is 0 Å². The number of nitrogens with one attached hydrogen (secondary N) is 3. The van der Waals surface area contributed by atoms with Gasteiger partial charge in [-0.1, -0.05) is 0 Å². The summed E-state index contributed by atoms with van der Waals surface area (Å²) >= 11 is 0. The Balaban J connectivity index is 1.80. The van der Waals surface area contributed by atoms with E-state index in [-0.39, 0.29) is 5.91 Å². The van der Waals surface area contributed by atoms with Gasteiger partial charge in [-0.2, -0.15) is 0 Å². The Morgan fingerprint density at radius 3 is 3.18 bits per heavy atom. The summed E-state index contributed by atoms with van der Waals surface area (Å²) < 4.78 is 0. The minimum absolute atomic E-state index is 0.173. The number of rotatable bonds is 2. The predicted molar refractivity (Wildman–Crippen MR) is 65.2 cm³/mol. The molecule has 2 aromatic rings. The van der Waals surface area contributed by atoms with Crippen LogP contribution in [0.15, 0.2) is 30.7 Å². The van der Waals surface area contributed by atoms with Gasteiger partial charge in [0.2, 0.25) is 0 Å². The van der Waals surface area contributed by atoms with Crippen molar-refractivity contribution in [3.63, 3.8) is 0 Å². The van der Waals surface area contributed by atoms with Gasteiger partial charge < -0.3 is 15.6 Å². The summed E-state index contributed by atoms with van der Waals surface area (Å²) in [6, 6.07) is 5.89. The van der Waals surface area contributed by atoms with Crippen molar-refractivity contribution in [2.45, 2.75) is 6.42 Å². The first-order valence-corrected chi connectivity index (χ1v) is 5.49. The van der Waals surface area contributed by atoms with Crippen molar-refractivity contribution in [2.24, 2.45) is 0 Å². The first kappa shape index (κ1) is 9.89. The number of fused-ring (bicyclic) bond motifs is 1. The molecule has 0 bridgehead atoms. The summed E-state index contributed by atoms with van der Waals surface area (Å²) in [4.78, 5) is 18.4. The third-order valence-electron chi connectivity index (χ3n) is 2.82. The molecule has 0 spiro atoms. The zero-order chi connectivity index (χ0) is 11.7. The van der Waals surface area contributed by atoms with Crippen LogP contribution in [0.5, 0.6) is 0 Å². The molecule has 5 heteroatoms. The van der Waals surface area contributed by atoms with Crippen molar-refractivity contribution in [3.8, 4) is 0 Å². The number of benzene rings is 1. The lowest BCUT2D eigenvalue weighted by Gasteiger charge is -2.06. The van der Waals surface area contributed by atoms with Crippen molar-refractivity contribution < 1.29 is 4.79 Å². The second-order valence-electron chi connectivity index (χ2n) is 3.97. The van der Waals surface area contributed by atoms with Crippen LogP contribution in [0.4, 0.5) is 11.4 Å². The van der Waals surface area contributed by atoms with E-state index in [1.165, 1.54) is 18.1 Å². The maximum absolute atomic E-state index is 11.8. The van der Waals surface area contributed by atoms with E-state index < -0.39 is 0 Å². The monoisotopic (exact) mass is 228 g/mol. The molecule has 0 saturated heterocycles. The Labute approximate surface area is 98.3 Å². The van der Waals surface area contributed by atoms with Crippen LogP contribution in [-0.4, -0.2) is 22.4 Å². The molecule has 0 saturated carbocycles. The van der Waals surface area contributed by atoms with Crippen LogP contribution in [0.2, 0.25) is 0 Å². The molecule has 0 radical (unpaired) electrons. The van der Waals surface area contributed by atoms with Gasteiger partial charge in [-0.3, -0.25) is 4.79 Å². The summed E-state index contributed by atoms with van der Waals surface area (Å²) in [7, 11) is 0. The van der Waals surface area contributed by atoms with Crippen molar-refractivity contribution >= 4 is 17.3 Å². The second kappa shape index (κ2) is 3.93. The second-order valence-corrected chi connectivity index (χ2v) is 3.97. The quantitative estimate of drug-likeness (QED) is 0.731. The van der Waals surface area contributed by atoms with E-state index in [1.807, 2.05) is 18.2 Å². The average Bonchev–Trinajstić information content (AvgIpc) is 2.99. The highest BCUT2D eigenvalue weighted by Crippen LogP contribution is 2.25. The highest BCUT2D eigenvalue weighted by Gasteiger charge is 2.12. The Hall–Kier alpha value is -2.30. The first-order chi connectivity index (χ1) is 8.33. The number of anilines is 2. The molecule has 1 aliphatic heterocycles. The molecule has 0 fully saturated rings. The molecule has 2 heterocycles. The van der Waals surface area contributed by atoms with E-state index in [9.17, 15) is 4.79 Å². The highest BCUT2D eigenvalue weighted by molar-refractivity contribution is 6.02. The van der Waals surface area contributed by atoms with Crippen LogP contribution < -0.4 is 10.6 Å². The van der Waals surface area contributed by atoms with Crippen LogP contribution in [0.3, 0.4) is 0 Å². The van der Waals surface area contributed by atoms with Gasteiger partial charge in [0.1, 0.15) is 5.69 Å². The summed E-state index contributed by atoms with van der Waals surface area (Å²) in [5, 5.41) is 6.12. The van der Waals surface area contributed by atoms with E-state index in [1.54, 1.807) is 0 Å². The van der Waals surface area contributed by atoms with Crippen LogP contribution in [0.1, 0.15) is 16.1 Å². The number of carbonyl (C=O) groups excluding carboxylic acids is 1. The SMILES string of the molecule is O=C(Nc1ccc2c(c1)CCN2)c1cnc[nH]1. The molecule has 1 amide bonds. The number of nitrogens with zero attached hydrogens (tertiary/aromatic N) is 1. The van der Waals surface area contributed by atoms with Gasteiger partial charge in [-0.15, -0.1) is 0 Å². The van der Waals surface area contributed by atoms with E-state index >= 15 is 0 Å². The Morgan fingerprint density at radius 2 is 2.35 bits per heavy atom. The van der Waals surface area contributed by atoms with E-state index in [0.717, 1.165) is 24.3 Å². The molecule has 1 aliphatic rings. The number of imidazole rings is 1. The van der Waals surface area contributed by atoms with E-state index in [4.69, 9.17) is 0 Å². The van der Waals surface area contributed by atoms with Crippen molar-refractivity contribution in [1.82, 2.24) is 9.97 Å². The molecule has 17 heavy (non-hydrogen) atoms. The number of aromatic nitrogens is 2. The van der Waals surface area contributed by atoms with Gasteiger partial charge in [-0.25, -0.2) is 4.98 Å². The number of hydrogen-bond acceptors (Lipinski definition) is 3. The van der Waals surface area contributed by atoms with Gasteiger partial charge >= 0.3 is 0 Å². The molecular weight excluding hydrogens is 216 g/mol. The molecular formula is C12H12N4O. The van der Waals surface area contributed by atoms with Crippen molar-refractivity contribution in [1.29, 1.82) is 0 Å². The Bertz CT molecular complexity index is 548. The third kappa shape index (κ3) is 1.87. The first-order valence-electron chi connectivity index (χ1n) is 5.49. The molecule has 86 valence electrons. The molecule has 5 nitrogen and oxygen atoms in total. The summed E-state index contributed by atoms with van der Waals surface area (Å²) in [6.45, 7) is 0.966. The Kier molecular flexibility index (Phi) is 2.29. The lowest BCUT2D eigenvalue weighted by molar-refractivity contribution is 0.102. The zero-order valence-corrected chi connectivity index (χ0v) is 9.16. The molecule has 0 unspecified atom stereocenters. The maximum atomic E-state index is 11.8. The summed E-state index contributed by atoms with van der Waals surface area (Å²) in [5.41, 5.74) is 3.67. The molecule has 1 aromatic carbocycles. The van der Waals surface area contributed by atoms with Gasteiger partial charge in [0.05, 0.1) is 12.5 Å². The number of H-pyrrole nitrogens is 1. The van der Waals surface area contributed by atoms with Gasteiger partial charge in [0.25, 0.3) is 5.91 Å². The predicted octanol–water partition coefficient (Wildman–Crippen LogP) is 1.63. The van der Waals surface area contributed by atoms with Gasteiger partial charge in [0.15, 0.2) is 0 Å². The molecule has 0 atom stereocenters. The van der Waals surface area contributed by atoms with Gasteiger partial charge in [-0.05, 0) is 30.2 Å². The molecule has 3 N–H and O–H groups in total. The summed E-state index contributed by atoms with van der Waals surface area (Å²) in [6.07, 6.45) is 3.99. The maximum Gasteiger partial charge on any atom is 0.273 e. The molecule has 3 rings (SSSR count). The lowest BCUT2D eigenvalue weighted by atomic mass is 10.1. The topological polar surface area (TPSA) is 69.8 Å². The zero-order valence-electron chi connectivity index (χ0n) is 9.16. The minimum Gasteiger partial charge on any atom is -0.384 e. The number of amides is 1. The summed E-state index contributed by atoms with van der Waals surface area (Å²) in [5.74, 6) is -0.173. The Morgan fingerprint density at radius 1 is 1.41 bits per heavy atom. The fourth-order valence-corrected chi connectivity index (χ4v) is 1.96. The fraction of sp³-hybridized carbons (Fsp3) is 0.167. The number of hydrogen-bond donors (Lipinski definition) is 3. The normalized spacial score (nSPS) is 12.9. The van der Waals surface area contributed by atoms with Gasteiger partial charge in [0, 0.05) is 17.9 Å². The molecule has 0 aliphatic carbocycles. The number of aromatic amines is 1. The third-order valence-corrected chi connectivity index (χ3v) is 2.82. The van der Waals surface area contributed by atoms with Crippen molar-refractivity contribution in [3.05, 3.63) is 42.0 Å². The molecule has 1 aromatic heterocycles. The fourth-order valence-electron chi connectivity index (χ4n) is 1.96. The number of carbonyl (C=O) groups is 1. The average molecular weight is 228 g/mol. The highest BCUT2D eigenvalue weighted by atomic mass is 16.1.